The first-order valence-corrected chi connectivity index (χ1v) is 4.15. The third kappa shape index (κ3) is 1.01. The van der Waals surface area contributed by atoms with Gasteiger partial charge in [0, 0.05) is 5.69 Å². The van der Waals surface area contributed by atoms with Crippen LogP contribution in [0.2, 0.25) is 0 Å². The molecule has 1 aromatic rings. The largest absolute Gasteiger partial charge is 0.399 e. The van der Waals surface area contributed by atoms with E-state index in [2.05, 4.69) is 19.1 Å². The maximum atomic E-state index is 5.73. The van der Waals surface area contributed by atoms with Gasteiger partial charge >= 0.3 is 0 Å². The zero-order valence-corrected chi connectivity index (χ0v) is 6.85. The molecule has 1 aliphatic carbocycles. The average molecular weight is 147 g/mol. The van der Waals surface area contributed by atoms with E-state index >= 15 is 0 Å². The minimum Gasteiger partial charge on any atom is -0.399 e. The summed E-state index contributed by atoms with van der Waals surface area (Å²) in [6.07, 6.45) is 3.78. The number of hydrogen-bond acceptors (Lipinski definition) is 1. The zero-order chi connectivity index (χ0) is 7.84. The SMILES string of the molecule is Cc1cc(N)cc2c1CCC2. The summed E-state index contributed by atoms with van der Waals surface area (Å²) >= 11 is 0. The molecule has 2 N–H and O–H groups in total. The number of hydrogen-bond donors (Lipinski definition) is 1. The molecule has 0 saturated carbocycles. The van der Waals surface area contributed by atoms with Crippen LogP contribution in [0.3, 0.4) is 0 Å². The fraction of sp³-hybridized carbons (Fsp3) is 0.400. The Balaban J connectivity index is 2.60. The van der Waals surface area contributed by atoms with Crippen molar-refractivity contribution < 1.29 is 0 Å². The maximum absolute atomic E-state index is 5.73. The summed E-state index contributed by atoms with van der Waals surface area (Å²) in [6, 6.07) is 4.19. The lowest BCUT2D eigenvalue weighted by Gasteiger charge is -2.04. The first-order chi connectivity index (χ1) is 5.27. The molecule has 1 aromatic carbocycles. The average Bonchev–Trinajstić information content (AvgIpc) is 2.34. The van der Waals surface area contributed by atoms with Crippen molar-refractivity contribution in [3.63, 3.8) is 0 Å². The van der Waals surface area contributed by atoms with Crippen molar-refractivity contribution in [2.45, 2.75) is 26.2 Å². The molecule has 58 valence electrons. The quantitative estimate of drug-likeness (QED) is 0.558. The van der Waals surface area contributed by atoms with Gasteiger partial charge in [-0.2, -0.15) is 0 Å². The minimum absolute atomic E-state index is 0.920. The molecule has 0 saturated heterocycles. The standard InChI is InChI=1S/C10H13N/c1-7-5-9(11)6-8-3-2-4-10(7)8/h5-6H,2-4,11H2,1H3. The van der Waals surface area contributed by atoms with Crippen LogP contribution in [0.4, 0.5) is 5.69 Å². The summed E-state index contributed by atoms with van der Waals surface area (Å²) in [7, 11) is 0. The normalized spacial score (nSPS) is 15.0. The third-order valence-electron chi connectivity index (χ3n) is 2.46. The highest BCUT2D eigenvalue weighted by Crippen LogP contribution is 2.27. The van der Waals surface area contributed by atoms with Crippen molar-refractivity contribution >= 4 is 5.69 Å². The molecule has 0 spiro atoms. The van der Waals surface area contributed by atoms with Gasteiger partial charge in [-0.05, 0) is 55.0 Å². The van der Waals surface area contributed by atoms with Gasteiger partial charge in [-0.1, -0.05) is 0 Å². The van der Waals surface area contributed by atoms with Gasteiger partial charge in [0.05, 0.1) is 0 Å². The van der Waals surface area contributed by atoms with Crippen molar-refractivity contribution in [3.8, 4) is 0 Å². The predicted molar refractivity (Wildman–Crippen MR) is 47.6 cm³/mol. The second-order valence-corrected chi connectivity index (χ2v) is 3.33. The van der Waals surface area contributed by atoms with E-state index in [0.29, 0.717) is 0 Å². The first kappa shape index (κ1) is 6.71. The number of nitrogen functional groups attached to an aromatic ring is 1. The minimum atomic E-state index is 0.920. The number of fused-ring (bicyclic) bond motifs is 1. The molecule has 0 aromatic heterocycles. The Morgan fingerprint density at radius 3 is 2.91 bits per heavy atom. The second-order valence-electron chi connectivity index (χ2n) is 3.33. The van der Waals surface area contributed by atoms with Crippen molar-refractivity contribution in [2.24, 2.45) is 0 Å². The fourth-order valence-corrected chi connectivity index (χ4v) is 1.96. The van der Waals surface area contributed by atoms with E-state index in [1.807, 2.05) is 0 Å². The van der Waals surface area contributed by atoms with E-state index < -0.39 is 0 Å². The van der Waals surface area contributed by atoms with Crippen molar-refractivity contribution in [1.82, 2.24) is 0 Å². The Hall–Kier alpha value is -0.980. The molecule has 1 heteroatoms. The second kappa shape index (κ2) is 2.26. The van der Waals surface area contributed by atoms with Crippen LogP contribution in [0.5, 0.6) is 0 Å². The molecule has 0 amide bonds. The van der Waals surface area contributed by atoms with Crippen LogP contribution < -0.4 is 5.73 Å². The summed E-state index contributed by atoms with van der Waals surface area (Å²) in [6.45, 7) is 2.15. The Morgan fingerprint density at radius 2 is 2.09 bits per heavy atom. The van der Waals surface area contributed by atoms with Gasteiger partial charge in [-0.15, -0.1) is 0 Å². The smallest absolute Gasteiger partial charge is 0.0319 e. The zero-order valence-electron chi connectivity index (χ0n) is 6.85. The number of anilines is 1. The van der Waals surface area contributed by atoms with E-state index in [1.165, 1.54) is 30.4 Å². The lowest BCUT2D eigenvalue weighted by atomic mass is 10.0. The van der Waals surface area contributed by atoms with E-state index in [9.17, 15) is 0 Å². The van der Waals surface area contributed by atoms with Crippen LogP contribution >= 0.6 is 0 Å². The maximum Gasteiger partial charge on any atom is 0.0319 e. The summed E-state index contributed by atoms with van der Waals surface area (Å²) in [5, 5.41) is 0. The van der Waals surface area contributed by atoms with E-state index in [0.717, 1.165) is 5.69 Å². The molecule has 0 radical (unpaired) electrons. The number of nitrogens with two attached hydrogens (primary N) is 1. The van der Waals surface area contributed by atoms with Crippen LogP contribution in [0.1, 0.15) is 23.1 Å². The number of aryl methyl sites for hydroxylation is 2. The molecular weight excluding hydrogens is 134 g/mol. The molecule has 0 aliphatic heterocycles. The van der Waals surface area contributed by atoms with Gasteiger partial charge < -0.3 is 5.73 Å². The van der Waals surface area contributed by atoms with Crippen LogP contribution in [0, 0.1) is 6.92 Å². The summed E-state index contributed by atoms with van der Waals surface area (Å²) < 4.78 is 0. The predicted octanol–water partition coefficient (Wildman–Crippen LogP) is 2.07. The number of rotatable bonds is 0. The van der Waals surface area contributed by atoms with Crippen molar-refractivity contribution in [2.75, 3.05) is 5.73 Å². The van der Waals surface area contributed by atoms with Gasteiger partial charge in [-0.25, -0.2) is 0 Å². The monoisotopic (exact) mass is 147 g/mol. The molecule has 1 aliphatic rings. The molecule has 0 fully saturated rings. The summed E-state index contributed by atoms with van der Waals surface area (Å²) in [4.78, 5) is 0. The summed E-state index contributed by atoms with van der Waals surface area (Å²) in [5.74, 6) is 0. The van der Waals surface area contributed by atoms with E-state index in [1.54, 1.807) is 5.56 Å². The van der Waals surface area contributed by atoms with Crippen molar-refractivity contribution in [1.29, 1.82) is 0 Å². The number of benzene rings is 1. The third-order valence-corrected chi connectivity index (χ3v) is 2.46. The lowest BCUT2D eigenvalue weighted by molar-refractivity contribution is 0.909. The van der Waals surface area contributed by atoms with E-state index in [4.69, 9.17) is 5.73 Å². The molecule has 0 atom stereocenters. The van der Waals surface area contributed by atoms with E-state index in [-0.39, 0.29) is 0 Å². The van der Waals surface area contributed by atoms with Crippen LogP contribution in [-0.4, -0.2) is 0 Å². The molecule has 11 heavy (non-hydrogen) atoms. The van der Waals surface area contributed by atoms with Gasteiger partial charge in [-0.3, -0.25) is 0 Å². The lowest BCUT2D eigenvalue weighted by Crippen LogP contribution is -1.92. The molecule has 0 heterocycles. The Bertz CT molecular complexity index is 289. The Kier molecular flexibility index (Phi) is 1.38. The van der Waals surface area contributed by atoms with Crippen molar-refractivity contribution in [3.05, 3.63) is 28.8 Å². The topological polar surface area (TPSA) is 26.0 Å². The Morgan fingerprint density at radius 1 is 1.27 bits per heavy atom. The molecule has 2 rings (SSSR count). The van der Waals surface area contributed by atoms with Gasteiger partial charge in [0.2, 0.25) is 0 Å². The fourth-order valence-electron chi connectivity index (χ4n) is 1.96. The van der Waals surface area contributed by atoms with Crippen LogP contribution in [0.15, 0.2) is 12.1 Å². The highest BCUT2D eigenvalue weighted by molar-refractivity contribution is 5.50. The van der Waals surface area contributed by atoms with Crippen LogP contribution in [0.25, 0.3) is 0 Å². The molecule has 0 unspecified atom stereocenters. The van der Waals surface area contributed by atoms with Crippen LogP contribution in [-0.2, 0) is 12.8 Å². The highest BCUT2D eigenvalue weighted by Gasteiger charge is 2.12. The molecule has 1 nitrogen and oxygen atoms in total. The van der Waals surface area contributed by atoms with Gasteiger partial charge in [0.1, 0.15) is 0 Å². The highest BCUT2D eigenvalue weighted by atomic mass is 14.5. The first-order valence-electron chi connectivity index (χ1n) is 4.15. The van der Waals surface area contributed by atoms with Gasteiger partial charge in [0.25, 0.3) is 0 Å². The molecular formula is C10H13N. The summed E-state index contributed by atoms with van der Waals surface area (Å²) in [5.41, 5.74) is 11.0. The Labute approximate surface area is 67.2 Å². The molecule has 0 bridgehead atoms. The van der Waals surface area contributed by atoms with Gasteiger partial charge in [0.15, 0.2) is 0 Å².